The number of hydrogen-bond donors (Lipinski definition) is 3. The van der Waals surface area contributed by atoms with E-state index >= 15 is 0 Å². The molecule has 4 rings (SSSR count). The predicted octanol–water partition coefficient (Wildman–Crippen LogP) is 4.61. The number of aliphatic hydroxyl groups is 1. The highest BCUT2D eigenvalue weighted by Crippen LogP contribution is 2.63. The first-order valence-corrected chi connectivity index (χ1v) is 12.9. The minimum atomic E-state index is -0.641. The Morgan fingerprint density at radius 3 is 2.54 bits per heavy atom. The van der Waals surface area contributed by atoms with Crippen LogP contribution in [-0.2, 0) is 17.9 Å². The van der Waals surface area contributed by atoms with Crippen LogP contribution in [0.2, 0.25) is 0 Å². The Labute approximate surface area is 209 Å². The van der Waals surface area contributed by atoms with Crippen LogP contribution in [0.25, 0.3) is 0 Å². The molecule has 2 fully saturated rings. The van der Waals surface area contributed by atoms with Crippen molar-refractivity contribution in [1.82, 2.24) is 15.6 Å². The first-order chi connectivity index (χ1) is 16.6. The van der Waals surface area contributed by atoms with Crippen LogP contribution in [0.4, 0.5) is 0 Å². The fraction of sp³-hybridized carbons (Fsp3) is 0.586. The number of carbonyl (C=O) groups excluding carboxylic acids is 1. The molecule has 1 amide bonds. The summed E-state index contributed by atoms with van der Waals surface area (Å²) in [5, 5.41) is 17.9. The highest BCUT2D eigenvalue weighted by molar-refractivity contribution is 5.76. The lowest BCUT2D eigenvalue weighted by Gasteiger charge is -2.51. The second-order valence-corrected chi connectivity index (χ2v) is 11.6. The van der Waals surface area contributed by atoms with Crippen LogP contribution in [0.5, 0.6) is 5.75 Å². The maximum absolute atomic E-state index is 12.9. The van der Waals surface area contributed by atoms with Gasteiger partial charge in [-0.15, -0.1) is 0 Å². The Bertz CT molecular complexity index is 990. The summed E-state index contributed by atoms with van der Waals surface area (Å²) in [6.45, 7) is 7.88. The molecular formula is C29H41N3O3. The van der Waals surface area contributed by atoms with Crippen molar-refractivity contribution >= 4 is 5.91 Å². The number of rotatable bonds is 9. The summed E-state index contributed by atoms with van der Waals surface area (Å²) in [7, 11) is 1.65. The Balaban J connectivity index is 1.45. The van der Waals surface area contributed by atoms with Crippen LogP contribution < -0.4 is 15.4 Å². The number of carbonyl (C=O) groups is 1. The molecule has 190 valence electrons. The molecule has 1 heterocycles. The van der Waals surface area contributed by atoms with Gasteiger partial charge in [0, 0.05) is 31.7 Å². The maximum atomic E-state index is 12.9. The quantitative estimate of drug-likeness (QED) is 0.489. The third-order valence-corrected chi connectivity index (χ3v) is 8.56. The number of pyridine rings is 1. The van der Waals surface area contributed by atoms with Gasteiger partial charge in [0.15, 0.2) is 0 Å². The summed E-state index contributed by atoms with van der Waals surface area (Å²) in [5.74, 6) is 1.25. The number of nitrogens with zero attached hydrogens (tertiary/aromatic N) is 1. The van der Waals surface area contributed by atoms with Crippen LogP contribution in [0, 0.1) is 16.7 Å². The molecule has 3 N–H and O–H groups in total. The van der Waals surface area contributed by atoms with Crippen LogP contribution in [-0.4, -0.2) is 34.8 Å². The molecule has 0 unspecified atom stereocenters. The van der Waals surface area contributed by atoms with Gasteiger partial charge in [0.05, 0.1) is 18.4 Å². The van der Waals surface area contributed by atoms with Crippen molar-refractivity contribution in [1.29, 1.82) is 0 Å². The number of ether oxygens (including phenoxy) is 1. The van der Waals surface area contributed by atoms with E-state index in [1.54, 1.807) is 7.11 Å². The van der Waals surface area contributed by atoms with Gasteiger partial charge in [0.25, 0.3) is 0 Å². The molecule has 1 aromatic carbocycles. The molecular weight excluding hydrogens is 438 g/mol. The molecule has 35 heavy (non-hydrogen) atoms. The van der Waals surface area contributed by atoms with Crippen molar-refractivity contribution < 1.29 is 14.6 Å². The van der Waals surface area contributed by atoms with E-state index < -0.39 is 5.60 Å². The lowest BCUT2D eigenvalue weighted by molar-refractivity contribution is -0.123. The lowest BCUT2D eigenvalue weighted by Crippen LogP contribution is -2.51. The summed E-state index contributed by atoms with van der Waals surface area (Å²) in [4.78, 5) is 17.4. The first kappa shape index (κ1) is 25.6. The molecule has 0 spiro atoms. The molecule has 6 nitrogen and oxygen atoms in total. The van der Waals surface area contributed by atoms with Crippen LogP contribution in [0.3, 0.4) is 0 Å². The molecule has 2 aromatic rings. The maximum Gasteiger partial charge on any atom is 0.220 e. The average molecular weight is 480 g/mol. The highest BCUT2D eigenvalue weighted by atomic mass is 16.5. The molecule has 2 saturated carbocycles. The Morgan fingerprint density at radius 2 is 1.86 bits per heavy atom. The van der Waals surface area contributed by atoms with Gasteiger partial charge < -0.3 is 20.5 Å². The summed E-state index contributed by atoms with van der Waals surface area (Å²) in [5.41, 5.74) is 1.52. The number of fused-ring (bicyclic) bond motifs is 1. The fourth-order valence-electron chi connectivity index (χ4n) is 6.62. The number of aromatic nitrogens is 1. The molecule has 0 aliphatic heterocycles. The van der Waals surface area contributed by atoms with Gasteiger partial charge >= 0.3 is 0 Å². The average Bonchev–Trinajstić information content (AvgIpc) is 3.06. The zero-order valence-electron chi connectivity index (χ0n) is 21.6. The van der Waals surface area contributed by atoms with Crippen molar-refractivity contribution in [3.63, 3.8) is 0 Å². The standard InChI is InChI=1S/C29H41N3O3/c1-27(2)18-25(31-20-22-7-5-6-16-30-22)29(15-14-28(3,34)17-24(27)29)13-12-26(33)32-19-21-8-10-23(35-4)11-9-21/h5-11,16,24-25,31,34H,12-15,17-20H2,1-4H3,(H,32,33)/t24-,25-,28+,29+/m0/s1. The third-order valence-electron chi connectivity index (χ3n) is 8.56. The molecule has 0 saturated heterocycles. The van der Waals surface area contributed by atoms with Gasteiger partial charge in [0.1, 0.15) is 5.75 Å². The number of benzene rings is 1. The van der Waals surface area contributed by atoms with Crippen molar-refractivity contribution in [2.24, 2.45) is 16.7 Å². The van der Waals surface area contributed by atoms with E-state index in [4.69, 9.17) is 4.74 Å². The zero-order chi connectivity index (χ0) is 25.1. The van der Waals surface area contributed by atoms with Gasteiger partial charge in [-0.3, -0.25) is 9.78 Å². The van der Waals surface area contributed by atoms with Gasteiger partial charge in [-0.05, 0) is 85.6 Å². The van der Waals surface area contributed by atoms with E-state index in [0.717, 1.165) is 55.7 Å². The lowest BCUT2D eigenvalue weighted by atomic mass is 9.57. The minimum Gasteiger partial charge on any atom is -0.497 e. The van der Waals surface area contributed by atoms with E-state index in [-0.39, 0.29) is 22.8 Å². The van der Waals surface area contributed by atoms with Crippen molar-refractivity contribution in [2.75, 3.05) is 7.11 Å². The van der Waals surface area contributed by atoms with Gasteiger partial charge in [0.2, 0.25) is 5.91 Å². The zero-order valence-corrected chi connectivity index (χ0v) is 21.6. The van der Waals surface area contributed by atoms with Gasteiger partial charge in [-0.2, -0.15) is 0 Å². The Morgan fingerprint density at radius 1 is 1.09 bits per heavy atom. The third kappa shape index (κ3) is 5.87. The SMILES string of the molecule is COc1ccc(CNC(=O)CC[C@@]23CC[C@@](C)(O)C[C@H]2C(C)(C)C[C@@H]3NCc2ccccn2)cc1. The topological polar surface area (TPSA) is 83.5 Å². The van der Waals surface area contributed by atoms with Gasteiger partial charge in [-0.1, -0.05) is 32.0 Å². The second kappa shape index (κ2) is 10.3. The minimum absolute atomic E-state index is 0.0159. The van der Waals surface area contributed by atoms with Crippen LogP contribution >= 0.6 is 0 Å². The van der Waals surface area contributed by atoms with Crippen molar-refractivity contribution in [2.45, 2.75) is 84.0 Å². The molecule has 1 aromatic heterocycles. The number of hydrogen-bond acceptors (Lipinski definition) is 5. The summed E-state index contributed by atoms with van der Waals surface area (Å²) in [6.07, 6.45) is 6.68. The molecule has 4 atom stereocenters. The number of methoxy groups -OCH3 is 1. The second-order valence-electron chi connectivity index (χ2n) is 11.6. The van der Waals surface area contributed by atoms with Crippen molar-refractivity contribution in [3.05, 3.63) is 59.9 Å². The largest absolute Gasteiger partial charge is 0.497 e. The summed E-state index contributed by atoms with van der Waals surface area (Å²) < 4.78 is 5.21. The van der Waals surface area contributed by atoms with E-state index in [9.17, 15) is 9.90 Å². The Hall–Kier alpha value is -2.44. The van der Waals surface area contributed by atoms with Gasteiger partial charge in [-0.25, -0.2) is 0 Å². The smallest absolute Gasteiger partial charge is 0.220 e. The molecule has 0 bridgehead atoms. The van der Waals surface area contributed by atoms with Crippen LogP contribution in [0.15, 0.2) is 48.7 Å². The number of nitrogens with one attached hydrogen (secondary N) is 2. The summed E-state index contributed by atoms with van der Waals surface area (Å²) >= 11 is 0. The van der Waals surface area contributed by atoms with E-state index in [1.165, 1.54) is 0 Å². The molecule has 0 radical (unpaired) electrons. The normalized spacial score (nSPS) is 29.4. The van der Waals surface area contributed by atoms with Crippen LogP contribution in [0.1, 0.15) is 70.6 Å². The van der Waals surface area contributed by atoms with E-state index in [2.05, 4.69) is 35.5 Å². The fourth-order valence-corrected chi connectivity index (χ4v) is 6.62. The summed E-state index contributed by atoms with van der Waals surface area (Å²) in [6, 6.07) is 14.1. The van der Waals surface area contributed by atoms with Crippen molar-refractivity contribution in [3.8, 4) is 5.75 Å². The van der Waals surface area contributed by atoms with E-state index in [1.807, 2.05) is 49.5 Å². The molecule has 2 aliphatic carbocycles. The number of amides is 1. The molecule has 2 aliphatic rings. The highest BCUT2D eigenvalue weighted by Gasteiger charge is 2.61. The molecule has 6 heteroatoms. The first-order valence-electron chi connectivity index (χ1n) is 12.9. The predicted molar refractivity (Wildman–Crippen MR) is 138 cm³/mol. The Kier molecular flexibility index (Phi) is 7.53. The monoisotopic (exact) mass is 479 g/mol. The van der Waals surface area contributed by atoms with E-state index in [0.29, 0.717) is 18.9 Å².